The molecular weight excluding hydrogens is 272 g/mol. The first-order chi connectivity index (χ1) is 5.63. The van der Waals surface area contributed by atoms with Crippen molar-refractivity contribution in [3.63, 3.8) is 0 Å². The molecule has 0 fully saturated rings. The van der Waals surface area contributed by atoms with Crippen LogP contribution in [0.25, 0.3) is 0 Å². The summed E-state index contributed by atoms with van der Waals surface area (Å²) >= 11 is 15.9. The van der Waals surface area contributed by atoms with Gasteiger partial charge in [-0.25, -0.2) is 4.79 Å². The number of likely N-dealkylation sites (N-methyl/N-ethyl adjacent to an activating group) is 1. The van der Waals surface area contributed by atoms with Gasteiger partial charge < -0.3 is 21.6 Å². The summed E-state index contributed by atoms with van der Waals surface area (Å²) in [6, 6.07) is 0. The van der Waals surface area contributed by atoms with E-state index < -0.39 is 9.76 Å². The van der Waals surface area contributed by atoms with Gasteiger partial charge in [-0.05, 0) is 0 Å². The molecule has 14 heavy (non-hydrogen) atoms. The van der Waals surface area contributed by atoms with Crippen LogP contribution in [0.5, 0.6) is 0 Å². The Balaban J connectivity index is 0. The molecule has 0 rings (SSSR count). The maximum absolute atomic E-state index is 10.9. The quantitative estimate of drug-likeness (QED) is 0.362. The van der Waals surface area contributed by atoms with E-state index in [1.807, 2.05) is 21.1 Å². The minimum absolute atomic E-state index is 0. The Bertz CT molecular complexity index is 185. The highest BCUT2D eigenvalue weighted by atomic mass is 35.6. The average Bonchev–Trinajstić information content (AvgIpc) is 1.82. The zero-order chi connectivity index (χ0) is 10.7. The zero-order valence-electron chi connectivity index (χ0n) is 8.19. The predicted octanol–water partition coefficient (Wildman–Crippen LogP) is -1.39. The molecule has 0 amide bonds. The second-order valence-electron chi connectivity index (χ2n) is 3.65. The van der Waals surface area contributed by atoms with E-state index in [4.69, 9.17) is 39.5 Å². The van der Waals surface area contributed by atoms with Gasteiger partial charge in [0.1, 0.15) is 13.2 Å². The maximum Gasteiger partial charge on any atom is 0.358 e. The van der Waals surface area contributed by atoms with E-state index in [-0.39, 0.29) is 19.0 Å². The van der Waals surface area contributed by atoms with Gasteiger partial charge in [-0.2, -0.15) is 0 Å². The lowest BCUT2D eigenvalue weighted by molar-refractivity contribution is -0.870. The highest BCUT2D eigenvalue weighted by Gasteiger charge is 2.32. The number of halogens is 4. The fraction of sp³-hybridized carbons (Fsp3) is 0.857. The fourth-order valence-electron chi connectivity index (χ4n) is 0.494. The lowest BCUT2D eigenvalue weighted by atomic mass is 10.5. The van der Waals surface area contributed by atoms with Crippen molar-refractivity contribution in [2.24, 2.45) is 0 Å². The molecule has 0 aliphatic heterocycles. The van der Waals surface area contributed by atoms with Gasteiger partial charge in [0, 0.05) is 0 Å². The first kappa shape index (κ1) is 17.0. The highest BCUT2D eigenvalue weighted by Crippen LogP contribution is 2.27. The summed E-state index contributed by atoms with van der Waals surface area (Å²) in [6.45, 7) is 0.919. The third-order valence-electron chi connectivity index (χ3n) is 1.23. The van der Waals surface area contributed by atoms with E-state index in [1.54, 1.807) is 0 Å². The Morgan fingerprint density at radius 1 is 1.29 bits per heavy atom. The molecule has 0 aromatic heterocycles. The summed E-state index contributed by atoms with van der Waals surface area (Å²) in [7, 11) is 5.93. The number of quaternary nitrogens is 1. The van der Waals surface area contributed by atoms with Gasteiger partial charge in [0.2, 0.25) is 0 Å². The average molecular weight is 285 g/mol. The van der Waals surface area contributed by atoms with Gasteiger partial charge >= 0.3 is 5.97 Å². The SMILES string of the molecule is C[N+](C)(C)CCOC(=O)C(Cl)(Cl)Cl.[Cl-]. The molecule has 0 bridgehead atoms. The molecular formula is C7H13Cl4NO2. The van der Waals surface area contributed by atoms with Crippen LogP contribution in [0.15, 0.2) is 0 Å². The lowest BCUT2D eigenvalue weighted by Crippen LogP contribution is -3.00. The number of carbonyl (C=O) groups is 1. The van der Waals surface area contributed by atoms with Gasteiger partial charge in [-0.1, -0.05) is 34.8 Å². The van der Waals surface area contributed by atoms with Crippen LogP contribution in [0, 0.1) is 0 Å². The summed E-state index contributed by atoms with van der Waals surface area (Å²) in [5.74, 6) is -0.828. The van der Waals surface area contributed by atoms with Crippen molar-refractivity contribution in [1.82, 2.24) is 0 Å². The second kappa shape index (κ2) is 6.23. The van der Waals surface area contributed by atoms with E-state index in [2.05, 4.69) is 0 Å². The normalized spacial score (nSPS) is 11.9. The number of hydrogen-bond acceptors (Lipinski definition) is 2. The van der Waals surface area contributed by atoms with Crippen molar-refractivity contribution in [3.8, 4) is 0 Å². The van der Waals surface area contributed by atoms with Gasteiger partial charge in [0.05, 0.1) is 21.1 Å². The largest absolute Gasteiger partial charge is 1.00 e. The van der Waals surface area contributed by atoms with Crippen molar-refractivity contribution >= 4 is 40.8 Å². The monoisotopic (exact) mass is 283 g/mol. The van der Waals surface area contributed by atoms with Crippen molar-refractivity contribution in [3.05, 3.63) is 0 Å². The van der Waals surface area contributed by atoms with Gasteiger partial charge in [0.15, 0.2) is 0 Å². The number of nitrogens with zero attached hydrogens (tertiary/aromatic N) is 1. The molecule has 0 radical (unpaired) electrons. The molecule has 0 atom stereocenters. The van der Waals surface area contributed by atoms with Crippen molar-refractivity contribution in [2.45, 2.75) is 3.79 Å². The van der Waals surface area contributed by atoms with Gasteiger partial charge in [-0.15, -0.1) is 0 Å². The minimum atomic E-state index is -1.97. The molecule has 86 valence electrons. The molecule has 0 spiro atoms. The number of ether oxygens (including phenoxy) is 1. The number of carbonyl (C=O) groups excluding carboxylic acids is 1. The van der Waals surface area contributed by atoms with Crippen LogP contribution >= 0.6 is 34.8 Å². The van der Waals surface area contributed by atoms with Crippen LogP contribution in [-0.4, -0.2) is 48.5 Å². The predicted molar refractivity (Wildman–Crippen MR) is 54.1 cm³/mol. The third-order valence-corrected chi connectivity index (χ3v) is 1.69. The zero-order valence-corrected chi connectivity index (χ0v) is 11.2. The Labute approximate surface area is 105 Å². The fourth-order valence-corrected chi connectivity index (χ4v) is 0.658. The van der Waals surface area contributed by atoms with Crippen molar-refractivity contribution in [2.75, 3.05) is 34.3 Å². The van der Waals surface area contributed by atoms with Crippen LogP contribution in [0.4, 0.5) is 0 Å². The molecule has 0 saturated carbocycles. The number of hydrogen-bond donors (Lipinski definition) is 0. The van der Waals surface area contributed by atoms with Crippen LogP contribution in [-0.2, 0) is 9.53 Å². The van der Waals surface area contributed by atoms with E-state index in [0.717, 1.165) is 0 Å². The summed E-state index contributed by atoms with van der Waals surface area (Å²) in [5.41, 5.74) is 0. The molecule has 3 nitrogen and oxygen atoms in total. The minimum Gasteiger partial charge on any atom is -1.00 e. The van der Waals surface area contributed by atoms with E-state index in [9.17, 15) is 4.79 Å². The van der Waals surface area contributed by atoms with E-state index in [1.165, 1.54) is 0 Å². The van der Waals surface area contributed by atoms with Crippen LogP contribution < -0.4 is 12.4 Å². The van der Waals surface area contributed by atoms with Gasteiger partial charge in [0.25, 0.3) is 3.79 Å². The molecule has 0 aromatic rings. The van der Waals surface area contributed by atoms with Crippen molar-refractivity contribution in [1.29, 1.82) is 0 Å². The second-order valence-corrected chi connectivity index (χ2v) is 5.93. The Morgan fingerprint density at radius 2 is 1.71 bits per heavy atom. The summed E-state index contributed by atoms with van der Waals surface area (Å²) < 4.78 is 3.45. The third kappa shape index (κ3) is 9.16. The standard InChI is InChI=1S/C7H13Cl3NO2.ClH/c1-11(2,3)4-5-13-6(12)7(8,9)10;/h4-5H2,1-3H3;1H/q+1;/p-1. The molecule has 0 saturated heterocycles. The molecule has 0 heterocycles. The van der Waals surface area contributed by atoms with E-state index >= 15 is 0 Å². The Kier molecular flexibility index (Phi) is 7.57. The molecule has 0 N–H and O–H groups in total. The van der Waals surface area contributed by atoms with Gasteiger partial charge in [-0.3, -0.25) is 0 Å². The summed E-state index contributed by atoms with van der Waals surface area (Å²) in [5, 5.41) is 0. The highest BCUT2D eigenvalue weighted by molar-refractivity contribution is 6.75. The molecule has 7 heteroatoms. The summed E-state index contributed by atoms with van der Waals surface area (Å²) in [4.78, 5) is 10.9. The van der Waals surface area contributed by atoms with Crippen LogP contribution in [0.1, 0.15) is 0 Å². The Morgan fingerprint density at radius 3 is 2.00 bits per heavy atom. The Hall–Kier alpha value is 0.590. The molecule has 0 unspecified atom stereocenters. The van der Waals surface area contributed by atoms with Crippen molar-refractivity contribution < 1.29 is 26.4 Å². The molecule has 0 aromatic carbocycles. The first-order valence-corrected chi connectivity index (χ1v) is 4.81. The number of alkyl halides is 3. The van der Waals surface area contributed by atoms with E-state index in [0.29, 0.717) is 11.0 Å². The number of rotatable bonds is 3. The lowest BCUT2D eigenvalue weighted by Gasteiger charge is -2.23. The first-order valence-electron chi connectivity index (χ1n) is 3.67. The van der Waals surface area contributed by atoms with Crippen LogP contribution in [0.2, 0.25) is 0 Å². The molecule has 0 aliphatic carbocycles. The summed E-state index contributed by atoms with van der Waals surface area (Å²) in [6.07, 6.45) is 0. The number of esters is 1. The van der Waals surface area contributed by atoms with Crippen LogP contribution in [0.3, 0.4) is 0 Å². The maximum atomic E-state index is 10.9. The smallest absolute Gasteiger partial charge is 0.358 e. The topological polar surface area (TPSA) is 26.3 Å². The molecule has 0 aliphatic rings.